The normalized spacial score (nSPS) is 11.8. The topological polar surface area (TPSA) is 107 Å². The Hall–Kier alpha value is -1.74. The molecule has 0 fully saturated rings. The standard InChI is InChI=1S/C13H18BrN7O/c1-2-3-4-7-20-10-9(16-12(14)17-10)11(22)21-8(5-6-15)18-19-13(20)21/h2-7,15H2,1H3,(H,16,17). The van der Waals surface area contributed by atoms with Gasteiger partial charge in [0.2, 0.25) is 5.78 Å². The highest BCUT2D eigenvalue weighted by Gasteiger charge is 2.18. The molecule has 0 atom stereocenters. The molecule has 0 saturated heterocycles. The van der Waals surface area contributed by atoms with E-state index in [0.717, 1.165) is 25.8 Å². The number of aromatic nitrogens is 6. The molecule has 0 saturated carbocycles. The van der Waals surface area contributed by atoms with E-state index in [1.807, 2.05) is 4.57 Å². The largest absolute Gasteiger partial charge is 0.330 e. The molecule has 0 aliphatic rings. The van der Waals surface area contributed by atoms with E-state index in [0.29, 0.717) is 40.5 Å². The minimum atomic E-state index is -0.191. The van der Waals surface area contributed by atoms with Crippen molar-refractivity contribution in [2.24, 2.45) is 5.73 Å². The lowest BCUT2D eigenvalue weighted by Gasteiger charge is -2.09. The zero-order chi connectivity index (χ0) is 15.7. The molecule has 9 heteroatoms. The maximum atomic E-state index is 12.7. The Balaban J connectivity index is 2.27. The number of nitrogens with one attached hydrogen (secondary N) is 1. The number of nitrogens with zero attached hydrogens (tertiary/aromatic N) is 5. The molecule has 8 nitrogen and oxygen atoms in total. The first kappa shape index (κ1) is 15.2. The van der Waals surface area contributed by atoms with Crippen LogP contribution in [0.3, 0.4) is 0 Å². The molecule has 3 aromatic heterocycles. The molecule has 0 aromatic carbocycles. The summed E-state index contributed by atoms with van der Waals surface area (Å²) in [7, 11) is 0. The molecule has 0 radical (unpaired) electrons. The van der Waals surface area contributed by atoms with Crippen molar-refractivity contribution in [1.82, 2.24) is 29.1 Å². The van der Waals surface area contributed by atoms with Gasteiger partial charge in [0.1, 0.15) is 5.82 Å². The summed E-state index contributed by atoms with van der Waals surface area (Å²) in [5.74, 6) is 1.11. The predicted molar refractivity (Wildman–Crippen MR) is 86.9 cm³/mol. The number of halogens is 1. The fourth-order valence-electron chi connectivity index (χ4n) is 2.59. The molecule has 118 valence electrons. The van der Waals surface area contributed by atoms with E-state index in [4.69, 9.17) is 5.73 Å². The van der Waals surface area contributed by atoms with Gasteiger partial charge in [0.05, 0.1) is 0 Å². The maximum absolute atomic E-state index is 12.7. The summed E-state index contributed by atoms with van der Waals surface area (Å²) in [6, 6.07) is 0. The molecule has 3 rings (SSSR count). The molecule has 0 aliphatic carbocycles. The first-order valence-corrected chi connectivity index (χ1v) is 8.18. The molecule has 3 N–H and O–H groups in total. The molecule has 0 unspecified atom stereocenters. The Labute approximate surface area is 134 Å². The van der Waals surface area contributed by atoms with Crippen molar-refractivity contribution >= 4 is 32.9 Å². The van der Waals surface area contributed by atoms with Crippen molar-refractivity contribution < 1.29 is 0 Å². The number of unbranched alkanes of at least 4 members (excludes halogenated alkanes) is 2. The van der Waals surface area contributed by atoms with Crippen molar-refractivity contribution in [1.29, 1.82) is 0 Å². The second-order valence-electron chi connectivity index (χ2n) is 5.18. The minimum Gasteiger partial charge on any atom is -0.330 e. The highest BCUT2D eigenvalue weighted by Crippen LogP contribution is 2.16. The van der Waals surface area contributed by atoms with E-state index >= 15 is 0 Å². The highest BCUT2D eigenvalue weighted by molar-refractivity contribution is 9.10. The van der Waals surface area contributed by atoms with Gasteiger partial charge in [-0.05, 0) is 28.9 Å². The number of nitrogens with two attached hydrogens (primary N) is 1. The molecule has 3 heterocycles. The third-order valence-electron chi connectivity index (χ3n) is 3.64. The van der Waals surface area contributed by atoms with Crippen LogP contribution in [0.1, 0.15) is 32.0 Å². The number of hydrogen-bond acceptors (Lipinski definition) is 5. The lowest BCUT2D eigenvalue weighted by molar-refractivity contribution is 0.612. The Morgan fingerprint density at radius 3 is 2.86 bits per heavy atom. The van der Waals surface area contributed by atoms with Gasteiger partial charge < -0.3 is 10.7 Å². The summed E-state index contributed by atoms with van der Waals surface area (Å²) in [5.41, 5.74) is 6.46. The summed E-state index contributed by atoms with van der Waals surface area (Å²) >= 11 is 3.30. The highest BCUT2D eigenvalue weighted by atomic mass is 79.9. The van der Waals surface area contributed by atoms with Crippen LogP contribution in [0.5, 0.6) is 0 Å². The van der Waals surface area contributed by atoms with Crippen LogP contribution in [0.4, 0.5) is 0 Å². The number of fused-ring (bicyclic) bond motifs is 2. The summed E-state index contributed by atoms with van der Waals surface area (Å²) in [6.07, 6.45) is 3.73. The van der Waals surface area contributed by atoms with Crippen LogP contribution in [-0.4, -0.2) is 35.7 Å². The molecule has 22 heavy (non-hydrogen) atoms. The quantitative estimate of drug-likeness (QED) is 0.503. The van der Waals surface area contributed by atoms with Crippen molar-refractivity contribution in [3.63, 3.8) is 0 Å². The maximum Gasteiger partial charge on any atom is 0.286 e. The van der Waals surface area contributed by atoms with Crippen molar-refractivity contribution in [2.45, 2.75) is 39.2 Å². The van der Waals surface area contributed by atoms with Gasteiger partial charge in [-0.3, -0.25) is 9.36 Å². The van der Waals surface area contributed by atoms with Gasteiger partial charge in [-0.2, -0.15) is 0 Å². The van der Waals surface area contributed by atoms with Crippen LogP contribution < -0.4 is 11.3 Å². The van der Waals surface area contributed by atoms with Gasteiger partial charge in [0, 0.05) is 13.0 Å². The third kappa shape index (κ3) is 2.44. The average molecular weight is 368 g/mol. The zero-order valence-electron chi connectivity index (χ0n) is 12.3. The Bertz CT molecular complexity index is 863. The fourth-order valence-corrected chi connectivity index (χ4v) is 2.96. The van der Waals surface area contributed by atoms with E-state index in [9.17, 15) is 4.79 Å². The summed E-state index contributed by atoms with van der Waals surface area (Å²) in [5, 5.41) is 8.31. The van der Waals surface area contributed by atoms with Crippen molar-refractivity contribution in [3.8, 4) is 0 Å². The third-order valence-corrected chi connectivity index (χ3v) is 4.01. The molecule has 0 bridgehead atoms. The zero-order valence-corrected chi connectivity index (χ0v) is 13.9. The number of imidazole rings is 1. The molecule has 0 spiro atoms. The molecular formula is C13H18BrN7O. The Kier molecular flexibility index (Phi) is 4.25. The number of aromatic amines is 1. The van der Waals surface area contributed by atoms with Crippen LogP contribution in [-0.2, 0) is 13.0 Å². The van der Waals surface area contributed by atoms with Gasteiger partial charge >= 0.3 is 0 Å². The van der Waals surface area contributed by atoms with Gasteiger partial charge in [-0.25, -0.2) is 9.38 Å². The molecule has 3 aromatic rings. The van der Waals surface area contributed by atoms with Crippen molar-refractivity contribution in [3.05, 3.63) is 20.9 Å². The first-order chi connectivity index (χ1) is 10.7. The van der Waals surface area contributed by atoms with Crippen LogP contribution >= 0.6 is 15.9 Å². The smallest absolute Gasteiger partial charge is 0.286 e. The van der Waals surface area contributed by atoms with Gasteiger partial charge in [-0.15, -0.1) is 10.2 Å². The number of rotatable bonds is 6. The van der Waals surface area contributed by atoms with Gasteiger partial charge in [-0.1, -0.05) is 19.8 Å². The number of aryl methyl sites for hydroxylation is 1. The van der Waals surface area contributed by atoms with Crippen LogP contribution in [0.15, 0.2) is 9.53 Å². The van der Waals surface area contributed by atoms with Crippen LogP contribution in [0.2, 0.25) is 0 Å². The van der Waals surface area contributed by atoms with Gasteiger partial charge in [0.15, 0.2) is 15.9 Å². The Morgan fingerprint density at radius 1 is 1.32 bits per heavy atom. The molecule has 0 aliphatic heterocycles. The fraction of sp³-hybridized carbons (Fsp3) is 0.538. The summed E-state index contributed by atoms with van der Waals surface area (Å²) in [4.78, 5) is 20.0. The van der Waals surface area contributed by atoms with E-state index in [1.165, 1.54) is 4.40 Å². The molecule has 0 amide bonds. The molecular weight excluding hydrogens is 350 g/mol. The van der Waals surface area contributed by atoms with Gasteiger partial charge in [0.25, 0.3) is 5.56 Å². The first-order valence-electron chi connectivity index (χ1n) is 7.39. The SMILES string of the molecule is CCCCCn1c2nc(Br)[nH]c2c(=O)n2c(CCN)nnc12. The van der Waals surface area contributed by atoms with Crippen LogP contribution in [0.25, 0.3) is 16.9 Å². The number of H-pyrrole nitrogens is 1. The second kappa shape index (κ2) is 6.17. The number of hydrogen-bond donors (Lipinski definition) is 2. The second-order valence-corrected chi connectivity index (χ2v) is 5.93. The van der Waals surface area contributed by atoms with E-state index < -0.39 is 0 Å². The monoisotopic (exact) mass is 367 g/mol. The predicted octanol–water partition coefficient (Wildman–Crippen LogP) is 1.22. The lowest BCUT2D eigenvalue weighted by Crippen LogP contribution is -2.22. The van der Waals surface area contributed by atoms with Crippen LogP contribution in [0, 0.1) is 0 Å². The van der Waals surface area contributed by atoms with E-state index in [-0.39, 0.29) is 5.56 Å². The van der Waals surface area contributed by atoms with Crippen molar-refractivity contribution in [2.75, 3.05) is 6.54 Å². The lowest BCUT2D eigenvalue weighted by atomic mass is 10.2. The van der Waals surface area contributed by atoms with E-state index in [1.54, 1.807) is 0 Å². The average Bonchev–Trinajstić information content (AvgIpc) is 3.07. The summed E-state index contributed by atoms with van der Waals surface area (Å²) in [6.45, 7) is 3.31. The summed E-state index contributed by atoms with van der Waals surface area (Å²) < 4.78 is 4.01. The van der Waals surface area contributed by atoms with E-state index in [2.05, 4.69) is 43.0 Å². The Morgan fingerprint density at radius 2 is 2.14 bits per heavy atom. The minimum absolute atomic E-state index is 0.191.